The number of hydrogen-bond acceptors (Lipinski definition) is 6. The molecule has 3 heterocycles. The molecule has 9 heteroatoms. The van der Waals surface area contributed by atoms with Crippen LogP contribution < -0.4 is 0 Å². The maximum Gasteiger partial charge on any atom is 0.341 e. The number of sulfonamides is 1. The third-order valence-electron chi connectivity index (χ3n) is 4.06. The van der Waals surface area contributed by atoms with Crippen molar-refractivity contribution in [3.05, 3.63) is 58.4 Å². The lowest BCUT2D eigenvalue weighted by Gasteiger charge is -2.10. The van der Waals surface area contributed by atoms with Gasteiger partial charge >= 0.3 is 5.97 Å². The Labute approximate surface area is 161 Å². The molecular formula is C18H20N2O5S2. The molecule has 144 valence electrons. The van der Waals surface area contributed by atoms with Gasteiger partial charge in [0.05, 0.1) is 5.56 Å². The van der Waals surface area contributed by atoms with Crippen LogP contribution in [0.25, 0.3) is 5.00 Å². The van der Waals surface area contributed by atoms with Crippen molar-refractivity contribution in [2.24, 2.45) is 0 Å². The highest BCUT2D eigenvalue weighted by molar-refractivity contribution is 7.88. The van der Waals surface area contributed by atoms with E-state index in [1.165, 1.54) is 37.6 Å². The van der Waals surface area contributed by atoms with Gasteiger partial charge in [0.1, 0.15) is 17.4 Å². The minimum absolute atomic E-state index is 0.152. The number of ether oxygens (including phenoxy) is 1. The van der Waals surface area contributed by atoms with Crippen molar-refractivity contribution in [1.29, 1.82) is 0 Å². The second-order valence-corrected chi connectivity index (χ2v) is 9.15. The Morgan fingerprint density at radius 1 is 1.15 bits per heavy atom. The highest BCUT2D eigenvalue weighted by Crippen LogP contribution is 2.27. The molecule has 0 atom stereocenters. The van der Waals surface area contributed by atoms with Crippen molar-refractivity contribution in [2.75, 3.05) is 14.1 Å². The van der Waals surface area contributed by atoms with E-state index in [-0.39, 0.29) is 17.5 Å². The number of esters is 1. The maximum absolute atomic E-state index is 12.5. The van der Waals surface area contributed by atoms with Gasteiger partial charge in [-0.3, -0.25) is 0 Å². The van der Waals surface area contributed by atoms with Crippen LogP contribution in [0.4, 0.5) is 0 Å². The minimum atomic E-state index is -3.66. The Kier molecular flexibility index (Phi) is 5.27. The summed E-state index contributed by atoms with van der Waals surface area (Å²) in [4.78, 5) is 12.5. The standard InChI is InChI=1S/C18H20N2O5S2/c1-12-5-6-13(2)20(12)17-15(9-10-26-17)18(21)24-11-14-7-8-16(25-14)27(22,23)19(3)4/h5-10H,11H2,1-4H3. The van der Waals surface area contributed by atoms with Crippen molar-refractivity contribution in [1.82, 2.24) is 8.87 Å². The van der Waals surface area contributed by atoms with Crippen LogP contribution in [0, 0.1) is 13.8 Å². The third kappa shape index (κ3) is 3.71. The van der Waals surface area contributed by atoms with E-state index in [4.69, 9.17) is 9.15 Å². The first kappa shape index (κ1) is 19.4. The van der Waals surface area contributed by atoms with Gasteiger partial charge in [0.25, 0.3) is 10.0 Å². The zero-order valence-corrected chi connectivity index (χ0v) is 17.1. The van der Waals surface area contributed by atoms with E-state index in [1.54, 1.807) is 6.07 Å². The molecule has 0 aliphatic heterocycles. The second-order valence-electron chi connectivity index (χ2n) is 6.18. The summed E-state index contributed by atoms with van der Waals surface area (Å²) in [6.45, 7) is 3.79. The fraction of sp³-hybridized carbons (Fsp3) is 0.278. The van der Waals surface area contributed by atoms with Gasteiger partial charge in [0.2, 0.25) is 5.09 Å². The lowest BCUT2D eigenvalue weighted by molar-refractivity contribution is 0.0441. The molecule has 0 aromatic carbocycles. The zero-order valence-electron chi connectivity index (χ0n) is 15.4. The Morgan fingerprint density at radius 3 is 2.44 bits per heavy atom. The molecule has 0 radical (unpaired) electrons. The monoisotopic (exact) mass is 408 g/mol. The Hall–Kier alpha value is -2.36. The first-order valence-corrected chi connectivity index (χ1v) is 10.4. The fourth-order valence-electron chi connectivity index (χ4n) is 2.59. The number of aromatic nitrogens is 1. The molecule has 0 unspecified atom stereocenters. The molecule has 7 nitrogen and oxygen atoms in total. The molecule has 27 heavy (non-hydrogen) atoms. The van der Waals surface area contributed by atoms with E-state index in [9.17, 15) is 13.2 Å². The highest BCUT2D eigenvalue weighted by Gasteiger charge is 2.22. The lowest BCUT2D eigenvalue weighted by Crippen LogP contribution is -2.21. The number of carbonyl (C=O) groups is 1. The average molecular weight is 409 g/mol. The molecule has 3 aromatic heterocycles. The van der Waals surface area contributed by atoms with Gasteiger partial charge in [-0.1, -0.05) is 0 Å². The van der Waals surface area contributed by atoms with Gasteiger partial charge in [-0.2, -0.15) is 0 Å². The fourth-order valence-corrected chi connectivity index (χ4v) is 4.40. The van der Waals surface area contributed by atoms with Crippen LogP contribution in [0.2, 0.25) is 0 Å². The predicted molar refractivity (Wildman–Crippen MR) is 102 cm³/mol. The van der Waals surface area contributed by atoms with Crippen molar-refractivity contribution in [3.8, 4) is 5.00 Å². The lowest BCUT2D eigenvalue weighted by atomic mass is 10.3. The van der Waals surface area contributed by atoms with Gasteiger partial charge in [0.15, 0.2) is 0 Å². The largest absolute Gasteiger partial charge is 0.454 e. The molecule has 0 aliphatic rings. The molecule has 0 N–H and O–H groups in total. The molecule has 0 fully saturated rings. The van der Waals surface area contributed by atoms with Crippen LogP contribution >= 0.6 is 11.3 Å². The predicted octanol–water partition coefficient (Wildman–Crippen LogP) is 3.36. The van der Waals surface area contributed by atoms with Crippen molar-refractivity contribution in [3.63, 3.8) is 0 Å². The SMILES string of the molecule is Cc1ccc(C)n1-c1sccc1C(=O)OCc1ccc(S(=O)(=O)N(C)C)o1. The number of carbonyl (C=O) groups excluding carboxylic acids is 1. The number of nitrogens with zero attached hydrogens (tertiary/aromatic N) is 2. The molecule has 0 aliphatic carbocycles. The van der Waals surface area contributed by atoms with Gasteiger partial charge in [0, 0.05) is 25.5 Å². The molecule has 0 saturated carbocycles. The quantitative estimate of drug-likeness (QED) is 0.584. The van der Waals surface area contributed by atoms with Crippen LogP contribution in [0.5, 0.6) is 0 Å². The van der Waals surface area contributed by atoms with Crippen molar-refractivity contribution < 1.29 is 22.4 Å². The van der Waals surface area contributed by atoms with Crippen LogP contribution in [-0.4, -0.2) is 37.4 Å². The van der Waals surface area contributed by atoms with E-state index < -0.39 is 16.0 Å². The highest BCUT2D eigenvalue weighted by atomic mass is 32.2. The normalized spacial score (nSPS) is 11.9. The number of hydrogen-bond donors (Lipinski definition) is 0. The van der Waals surface area contributed by atoms with Gasteiger partial charge in [-0.25, -0.2) is 17.5 Å². The molecule has 0 saturated heterocycles. The summed E-state index contributed by atoms with van der Waals surface area (Å²) in [7, 11) is -0.824. The summed E-state index contributed by atoms with van der Waals surface area (Å²) in [5.41, 5.74) is 2.50. The minimum Gasteiger partial charge on any atom is -0.454 e. The number of rotatable bonds is 6. The summed E-state index contributed by atoms with van der Waals surface area (Å²) in [5.74, 6) is -0.235. The molecule has 3 rings (SSSR count). The first-order valence-electron chi connectivity index (χ1n) is 8.13. The van der Waals surface area contributed by atoms with Crippen molar-refractivity contribution in [2.45, 2.75) is 25.5 Å². The van der Waals surface area contributed by atoms with Crippen LogP contribution in [0.1, 0.15) is 27.5 Å². The second kappa shape index (κ2) is 7.34. The van der Waals surface area contributed by atoms with Gasteiger partial charge in [-0.15, -0.1) is 11.3 Å². The molecular weight excluding hydrogens is 388 g/mol. The Bertz CT molecular complexity index is 1050. The van der Waals surface area contributed by atoms with E-state index in [1.807, 2.05) is 35.9 Å². The zero-order chi connectivity index (χ0) is 19.8. The molecule has 3 aromatic rings. The Morgan fingerprint density at radius 2 is 1.81 bits per heavy atom. The maximum atomic E-state index is 12.5. The van der Waals surface area contributed by atoms with E-state index in [0.29, 0.717) is 5.56 Å². The smallest absolute Gasteiger partial charge is 0.341 e. The molecule has 0 amide bonds. The molecule has 0 bridgehead atoms. The number of aryl methyl sites for hydroxylation is 2. The Balaban J connectivity index is 1.75. The number of furan rings is 1. The topological polar surface area (TPSA) is 81.8 Å². The summed E-state index contributed by atoms with van der Waals surface area (Å²) < 4.78 is 37.8. The molecule has 0 spiro atoms. The van der Waals surface area contributed by atoms with Crippen LogP contribution in [-0.2, 0) is 21.4 Å². The van der Waals surface area contributed by atoms with Crippen LogP contribution in [0.3, 0.4) is 0 Å². The van der Waals surface area contributed by atoms with Gasteiger partial charge in [-0.05, 0) is 49.6 Å². The van der Waals surface area contributed by atoms with Crippen molar-refractivity contribution >= 4 is 27.3 Å². The summed E-state index contributed by atoms with van der Waals surface area (Å²) in [5, 5.41) is 2.43. The van der Waals surface area contributed by atoms with E-state index in [2.05, 4.69) is 0 Å². The summed E-state index contributed by atoms with van der Waals surface area (Å²) >= 11 is 1.45. The first-order chi connectivity index (χ1) is 12.7. The average Bonchev–Trinajstić information content (AvgIpc) is 3.33. The number of thiophene rings is 1. The van der Waals surface area contributed by atoms with Gasteiger partial charge < -0.3 is 13.7 Å². The summed E-state index contributed by atoms with van der Waals surface area (Å²) in [6.07, 6.45) is 0. The van der Waals surface area contributed by atoms with E-state index >= 15 is 0 Å². The van der Waals surface area contributed by atoms with Crippen LogP contribution in [0.15, 0.2) is 45.2 Å². The summed E-state index contributed by atoms with van der Waals surface area (Å²) in [6, 6.07) is 8.52. The third-order valence-corrected chi connectivity index (χ3v) is 6.64. The van der Waals surface area contributed by atoms with E-state index in [0.717, 1.165) is 20.7 Å².